The van der Waals surface area contributed by atoms with Gasteiger partial charge in [-0.15, -0.1) is 0 Å². The molecule has 0 amide bonds. The van der Waals surface area contributed by atoms with Gasteiger partial charge in [-0.2, -0.15) is 5.10 Å². The van der Waals surface area contributed by atoms with Crippen molar-refractivity contribution >= 4 is 29.3 Å². The summed E-state index contributed by atoms with van der Waals surface area (Å²) in [6.45, 7) is 16.8. The molecule has 0 radical (unpaired) electrons. The Morgan fingerprint density at radius 3 is 2.76 bits per heavy atom. The van der Waals surface area contributed by atoms with Crippen LogP contribution in [0.4, 0.5) is 0 Å². The number of aromatic amines is 2. The Morgan fingerprint density at radius 2 is 2.02 bits per heavy atom. The smallest absolute Gasteiger partial charge is 0.159 e. The highest BCUT2D eigenvalue weighted by molar-refractivity contribution is 5.93. The van der Waals surface area contributed by atoms with Gasteiger partial charge < -0.3 is 10.3 Å². The molecule has 41 heavy (non-hydrogen) atoms. The van der Waals surface area contributed by atoms with Crippen LogP contribution in [0.25, 0.3) is 40.8 Å². The van der Waals surface area contributed by atoms with Gasteiger partial charge in [-0.25, -0.2) is 4.98 Å². The molecule has 0 aliphatic heterocycles. The van der Waals surface area contributed by atoms with Crippen LogP contribution in [0.1, 0.15) is 64.4 Å². The predicted octanol–water partition coefficient (Wildman–Crippen LogP) is 6.92. The van der Waals surface area contributed by atoms with E-state index in [1.165, 1.54) is 32.1 Å². The van der Waals surface area contributed by atoms with Crippen LogP contribution < -0.4 is 15.9 Å². The minimum absolute atomic E-state index is 0.672. The molecule has 0 aromatic carbocycles. The van der Waals surface area contributed by atoms with Crippen molar-refractivity contribution in [1.29, 1.82) is 0 Å². The summed E-state index contributed by atoms with van der Waals surface area (Å²) in [5.41, 5.74) is 8.84. The summed E-state index contributed by atoms with van der Waals surface area (Å²) in [4.78, 5) is 12.7. The van der Waals surface area contributed by atoms with E-state index in [-0.39, 0.29) is 0 Å². The average molecular weight is 545 g/mol. The number of pyridine rings is 1. The van der Waals surface area contributed by atoms with Crippen molar-refractivity contribution in [3.05, 3.63) is 107 Å². The Labute approximate surface area is 242 Å². The SMILES string of the molecule is C=C\C(=C/C(=C\C)C(/C)=C/C=c1/[nH]nc(-c2nc3c(C4=CCC=C4)cncc3[nH]2)c1=C)NC(=C)CC1CCCCC1. The van der Waals surface area contributed by atoms with Gasteiger partial charge in [0.1, 0.15) is 5.69 Å². The lowest BCUT2D eigenvalue weighted by Crippen LogP contribution is -2.21. The van der Waals surface area contributed by atoms with Crippen LogP contribution in [-0.4, -0.2) is 25.1 Å². The lowest BCUT2D eigenvalue weighted by molar-refractivity contribution is 0.353. The van der Waals surface area contributed by atoms with Crippen molar-refractivity contribution in [2.75, 3.05) is 0 Å². The zero-order chi connectivity index (χ0) is 28.8. The third kappa shape index (κ3) is 6.49. The van der Waals surface area contributed by atoms with Crippen LogP contribution in [0, 0.1) is 5.92 Å². The number of imidazole rings is 1. The highest BCUT2D eigenvalue weighted by Crippen LogP contribution is 2.29. The van der Waals surface area contributed by atoms with Gasteiger partial charge >= 0.3 is 0 Å². The predicted molar refractivity (Wildman–Crippen MR) is 172 cm³/mol. The first-order valence-corrected chi connectivity index (χ1v) is 14.6. The summed E-state index contributed by atoms with van der Waals surface area (Å²) in [5, 5.41) is 12.8. The van der Waals surface area contributed by atoms with Gasteiger partial charge in [-0.05, 0) is 67.6 Å². The van der Waals surface area contributed by atoms with Gasteiger partial charge in [0.2, 0.25) is 0 Å². The first-order chi connectivity index (χ1) is 20.0. The van der Waals surface area contributed by atoms with Gasteiger partial charge in [0.25, 0.3) is 0 Å². The molecule has 0 spiro atoms. The van der Waals surface area contributed by atoms with Crippen molar-refractivity contribution in [1.82, 2.24) is 30.5 Å². The van der Waals surface area contributed by atoms with Crippen molar-refractivity contribution in [3.8, 4) is 11.5 Å². The van der Waals surface area contributed by atoms with E-state index in [0.717, 1.165) is 74.0 Å². The molecule has 0 atom stereocenters. The summed E-state index contributed by atoms with van der Waals surface area (Å²) >= 11 is 0. The molecule has 0 unspecified atom stereocenters. The first-order valence-electron chi connectivity index (χ1n) is 14.6. The highest BCUT2D eigenvalue weighted by atomic mass is 15.1. The minimum atomic E-state index is 0.672. The topological polar surface area (TPSA) is 82.3 Å². The third-order valence-electron chi connectivity index (χ3n) is 7.98. The number of hydrogen-bond acceptors (Lipinski definition) is 4. The van der Waals surface area contributed by atoms with Crippen LogP contribution in [0.3, 0.4) is 0 Å². The molecular weight excluding hydrogens is 504 g/mol. The first kappa shape index (κ1) is 28.1. The van der Waals surface area contributed by atoms with Gasteiger partial charge in [0.15, 0.2) is 5.82 Å². The number of H-pyrrole nitrogens is 2. The van der Waals surface area contributed by atoms with E-state index in [4.69, 9.17) is 4.98 Å². The number of fused-ring (bicyclic) bond motifs is 1. The molecule has 1 fully saturated rings. The van der Waals surface area contributed by atoms with E-state index in [9.17, 15) is 0 Å². The number of hydrogen-bond donors (Lipinski definition) is 3. The van der Waals surface area contributed by atoms with E-state index >= 15 is 0 Å². The summed E-state index contributed by atoms with van der Waals surface area (Å²) in [6.07, 6.45) is 28.9. The zero-order valence-corrected chi connectivity index (χ0v) is 24.3. The Kier molecular flexibility index (Phi) is 8.78. The van der Waals surface area contributed by atoms with Crippen LogP contribution in [0.2, 0.25) is 0 Å². The van der Waals surface area contributed by atoms with Crippen molar-refractivity contribution in [2.45, 2.75) is 58.8 Å². The minimum Gasteiger partial charge on any atom is -0.359 e. The molecule has 3 N–H and O–H groups in total. The molecule has 3 aromatic rings. The Morgan fingerprint density at radius 1 is 1.20 bits per heavy atom. The largest absolute Gasteiger partial charge is 0.359 e. The van der Waals surface area contributed by atoms with Crippen molar-refractivity contribution in [2.24, 2.45) is 5.92 Å². The quantitative estimate of drug-likeness (QED) is 0.242. The van der Waals surface area contributed by atoms with E-state index in [1.807, 2.05) is 25.3 Å². The maximum Gasteiger partial charge on any atom is 0.159 e. The molecule has 0 saturated heterocycles. The van der Waals surface area contributed by atoms with Crippen LogP contribution >= 0.6 is 0 Å². The van der Waals surface area contributed by atoms with Gasteiger partial charge in [-0.1, -0.05) is 82.2 Å². The summed E-state index contributed by atoms with van der Waals surface area (Å²) in [5.74, 6) is 1.41. The van der Waals surface area contributed by atoms with Crippen molar-refractivity contribution < 1.29 is 0 Å². The standard InChI is InChI=1S/C35H40N6/c1-6-27(20-29(7-2)37-24(4)19-26-13-9-8-10-14-26)23(3)17-18-31-25(5)33(41-40-31)35-38-32-22-36-21-30(34(32)39-35)28-15-11-12-16-28/h6-7,11,15-18,20-22,26,37,40H,2,4-5,8-10,12-14,19H2,1,3H3,(H,38,39)/b23-17+,27-6+,29-20+,31-18+. The van der Waals surface area contributed by atoms with E-state index in [0.29, 0.717) is 11.5 Å². The second kappa shape index (κ2) is 12.8. The molecule has 1 saturated carbocycles. The summed E-state index contributed by atoms with van der Waals surface area (Å²) in [7, 11) is 0. The maximum atomic E-state index is 4.88. The summed E-state index contributed by atoms with van der Waals surface area (Å²) < 4.78 is 0. The van der Waals surface area contributed by atoms with Crippen molar-refractivity contribution in [3.63, 3.8) is 0 Å². The van der Waals surface area contributed by atoms with Crippen LogP contribution in [0.5, 0.6) is 0 Å². The number of rotatable bonds is 10. The number of nitrogens with one attached hydrogen (secondary N) is 3. The molecular formula is C35H40N6. The van der Waals surface area contributed by atoms with Gasteiger partial charge in [0.05, 0.1) is 22.6 Å². The van der Waals surface area contributed by atoms with Gasteiger partial charge in [-0.3, -0.25) is 10.1 Å². The zero-order valence-electron chi connectivity index (χ0n) is 24.3. The van der Waals surface area contributed by atoms with E-state index in [2.05, 4.69) is 88.6 Å². The molecule has 2 aliphatic carbocycles. The second-order valence-electron chi connectivity index (χ2n) is 10.9. The molecule has 5 rings (SSSR count). The number of aromatic nitrogens is 5. The number of allylic oxidation sites excluding steroid dienone is 11. The lowest BCUT2D eigenvalue weighted by atomic mass is 9.86. The van der Waals surface area contributed by atoms with E-state index < -0.39 is 0 Å². The Balaban J connectivity index is 1.34. The van der Waals surface area contributed by atoms with Crippen LogP contribution in [-0.2, 0) is 0 Å². The molecule has 0 bridgehead atoms. The monoisotopic (exact) mass is 544 g/mol. The normalized spacial score (nSPS) is 17.4. The molecule has 3 aromatic heterocycles. The second-order valence-corrected chi connectivity index (χ2v) is 10.9. The van der Waals surface area contributed by atoms with Gasteiger partial charge in [0, 0.05) is 28.4 Å². The highest BCUT2D eigenvalue weighted by Gasteiger charge is 2.16. The summed E-state index contributed by atoms with van der Waals surface area (Å²) in [6, 6.07) is 0. The number of nitrogens with zero attached hydrogens (tertiary/aromatic N) is 3. The fourth-order valence-corrected chi connectivity index (χ4v) is 5.66. The van der Waals surface area contributed by atoms with E-state index in [1.54, 1.807) is 6.20 Å². The molecule has 2 aliphatic rings. The Hall–Kier alpha value is -4.45. The fraction of sp³-hybridized carbons (Fsp3) is 0.286. The third-order valence-corrected chi connectivity index (χ3v) is 7.98. The van der Waals surface area contributed by atoms with Crippen LogP contribution in [0.15, 0.2) is 90.6 Å². The molecule has 210 valence electrons. The Bertz CT molecular complexity index is 1710. The molecule has 6 heteroatoms. The fourth-order valence-electron chi connectivity index (χ4n) is 5.66. The average Bonchev–Trinajstić information content (AvgIpc) is 3.74. The molecule has 6 nitrogen and oxygen atoms in total. The molecule has 3 heterocycles. The maximum absolute atomic E-state index is 4.88. The lowest BCUT2D eigenvalue weighted by Gasteiger charge is -2.23.